The largest absolute Gasteiger partial charge is 0.342 e. The summed E-state index contributed by atoms with van der Waals surface area (Å²) in [7, 11) is 1.71. The monoisotopic (exact) mass is 389 g/mol. The summed E-state index contributed by atoms with van der Waals surface area (Å²) >= 11 is 0. The second-order valence-corrected chi connectivity index (χ2v) is 9.61. The van der Waals surface area contributed by atoms with Gasteiger partial charge < -0.3 is 5.32 Å². The van der Waals surface area contributed by atoms with E-state index in [0.29, 0.717) is 18.1 Å². The molecule has 3 atom stereocenters. The van der Waals surface area contributed by atoms with Crippen molar-refractivity contribution in [2.45, 2.75) is 102 Å². The Morgan fingerprint density at radius 3 is 2.57 bits per heavy atom. The number of guanidine groups is 1. The zero-order valence-corrected chi connectivity index (χ0v) is 17.9. The van der Waals surface area contributed by atoms with Crippen LogP contribution in [0.1, 0.15) is 96.8 Å². The number of carbonyl (C=O) groups is 2. The lowest BCUT2D eigenvalue weighted by molar-refractivity contribution is -0.131. The van der Waals surface area contributed by atoms with Gasteiger partial charge in [0.15, 0.2) is 5.96 Å². The highest BCUT2D eigenvalue weighted by Crippen LogP contribution is 2.41. The fourth-order valence-corrected chi connectivity index (χ4v) is 5.72. The maximum absolute atomic E-state index is 13.1. The molecule has 3 rings (SSSR count). The molecule has 3 fully saturated rings. The van der Waals surface area contributed by atoms with E-state index >= 15 is 0 Å². The van der Waals surface area contributed by atoms with Gasteiger partial charge in [-0.1, -0.05) is 45.4 Å². The van der Waals surface area contributed by atoms with Crippen LogP contribution in [0.3, 0.4) is 0 Å². The minimum atomic E-state index is -0.616. The number of hydrogen-bond acceptors (Lipinski definition) is 3. The van der Waals surface area contributed by atoms with E-state index in [2.05, 4.69) is 12.2 Å². The van der Waals surface area contributed by atoms with Crippen LogP contribution in [0.15, 0.2) is 0 Å². The second kappa shape index (κ2) is 9.41. The third kappa shape index (κ3) is 4.77. The highest BCUT2D eigenvalue weighted by molar-refractivity contribution is 6.07. The van der Waals surface area contributed by atoms with Crippen LogP contribution in [-0.2, 0) is 9.59 Å². The average Bonchev–Trinajstić information content (AvgIpc) is 3.25. The average molecular weight is 390 g/mol. The Morgan fingerprint density at radius 1 is 1.18 bits per heavy atom. The van der Waals surface area contributed by atoms with Gasteiger partial charge in [0, 0.05) is 19.4 Å². The van der Waals surface area contributed by atoms with Crippen molar-refractivity contribution in [3.05, 3.63) is 0 Å². The number of amides is 1. The normalized spacial score (nSPS) is 31.4. The van der Waals surface area contributed by atoms with Crippen LogP contribution in [0.4, 0.5) is 0 Å². The number of carbonyl (C=O) groups excluding carboxylic acids is 2. The molecule has 0 aromatic heterocycles. The number of rotatable bonds is 9. The smallest absolute Gasteiger partial charge is 0.254 e. The van der Waals surface area contributed by atoms with Gasteiger partial charge in [-0.2, -0.15) is 0 Å². The molecule has 5 heteroatoms. The van der Waals surface area contributed by atoms with Crippen LogP contribution in [0, 0.1) is 23.2 Å². The van der Waals surface area contributed by atoms with Gasteiger partial charge in [0.2, 0.25) is 0 Å². The highest BCUT2D eigenvalue weighted by atomic mass is 16.2. The van der Waals surface area contributed by atoms with E-state index in [1.165, 1.54) is 37.0 Å². The lowest BCUT2D eigenvalue weighted by Gasteiger charge is -2.32. The Labute approximate surface area is 170 Å². The number of ketones is 1. The maximum atomic E-state index is 13.1. The zero-order chi connectivity index (χ0) is 20.1. The Balaban J connectivity index is 1.62. The molecule has 1 amide bonds. The Bertz CT molecular complexity index is 584. The van der Waals surface area contributed by atoms with Crippen molar-refractivity contribution in [2.75, 3.05) is 7.05 Å². The van der Waals surface area contributed by atoms with Crippen LogP contribution >= 0.6 is 0 Å². The van der Waals surface area contributed by atoms with Gasteiger partial charge >= 0.3 is 0 Å². The van der Waals surface area contributed by atoms with Gasteiger partial charge in [-0.05, 0) is 56.8 Å². The van der Waals surface area contributed by atoms with E-state index in [1.807, 2.05) is 0 Å². The van der Waals surface area contributed by atoms with E-state index < -0.39 is 5.54 Å². The topological polar surface area (TPSA) is 73.3 Å². The van der Waals surface area contributed by atoms with E-state index in [0.717, 1.165) is 57.3 Å². The quantitative estimate of drug-likeness (QED) is 0.603. The molecule has 0 spiro atoms. The first kappa shape index (κ1) is 21.3. The Morgan fingerprint density at radius 2 is 1.93 bits per heavy atom. The van der Waals surface area contributed by atoms with E-state index in [9.17, 15) is 9.59 Å². The lowest BCUT2D eigenvalue weighted by atomic mass is 9.77. The molecule has 3 aliphatic rings. The molecule has 2 N–H and O–H groups in total. The van der Waals surface area contributed by atoms with Crippen LogP contribution < -0.4 is 5.32 Å². The molecule has 1 heterocycles. The Kier molecular flexibility index (Phi) is 7.16. The summed E-state index contributed by atoms with van der Waals surface area (Å²) in [6, 6.07) is 0. The van der Waals surface area contributed by atoms with Crippen molar-refractivity contribution in [1.82, 2.24) is 10.2 Å². The van der Waals surface area contributed by atoms with Gasteiger partial charge in [-0.3, -0.25) is 19.9 Å². The molecule has 28 heavy (non-hydrogen) atoms. The molecular formula is C23H39N3O2. The third-order valence-electron chi connectivity index (χ3n) is 7.52. The summed E-state index contributed by atoms with van der Waals surface area (Å²) in [5.41, 5.74) is -0.616. The van der Waals surface area contributed by atoms with Gasteiger partial charge in [0.05, 0.1) is 0 Å². The summed E-state index contributed by atoms with van der Waals surface area (Å²) in [6.07, 6.45) is 15.0. The maximum Gasteiger partial charge on any atom is 0.254 e. The fourth-order valence-electron chi connectivity index (χ4n) is 5.72. The number of hydrogen-bond donors (Lipinski definition) is 2. The van der Waals surface area contributed by atoms with Crippen molar-refractivity contribution >= 4 is 17.6 Å². The first-order valence-electron chi connectivity index (χ1n) is 11.6. The van der Waals surface area contributed by atoms with Gasteiger partial charge in [-0.25, -0.2) is 0 Å². The van der Waals surface area contributed by atoms with Gasteiger partial charge in [0.25, 0.3) is 5.91 Å². The number of likely N-dealkylation sites (N-methyl/N-ethyl adjacent to an activating group) is 1. The summed E-state index contributed by atoms with van der Waals surface area (Å²) in [6.45, 7) is 2.13. The van der Waals surface area contributed by atoms with E-state index in [4.69, 9.17) is 5.41 Å². The predicted octanol–water partition coefficient (Wildman–Crippen LogP) is 4.65. The second-order valence-electron chi connectivity index (χ2n) is 9.61. The van der Waals surface area contributed by atoms with Crippen LogP contribution in [0.25, 0.3) is 0 Å². The minimum absolute atomic E-state index is 0.0640. The van der Waals surface area contributed by atoms with E-state index in [-0.39, 0.29) is 17.8 Å². The molecule has 1 saturated heterocycles. The molecule has 2 aliphatic carbocycles. The van der Waals surface area contributed by atoms with Crippen LogP contribution in [0.5, 0.6) is 0 Å². The molecule has 158 valence electrons. The number of unbranched alkanes of at least 4 members (excludes halogenated alkanes) is 1. The molecule has 1 unspecified atom stereocenters. The zero-order valence-electron chi connectivity index (χ0n) is 17.9. The van der Waals surface area contributed by atoms with E-state index in [1.54, 1.807) is 7.05 Å². The number of Topliss-reactive ketones (excluding diaryl/α,β-unsaturated/α-hetero) is 1. The summed E-state index contributed by atoms with van der Waals surface area (Å²) < 4.78 is 0. The molecule has 0 bridgehead atoms. The van der Waals surface area contributed by atoms with Crippen molar-refractivity contribution in [2.24, 2.45) is 17.8 Å². The molecule has 1 aliphatic heterocycles. The molecular weight excluding hydrogens is 350 g/mol. The molecule has 0 aromatic rings. The lowest BCUT2D eigenvalue weighted by Crippen LogP contribution is -2.48. The SMILES string of the molecule is CCCCC(=O)C1CC[C@H](C[C@]2(CCC3CCCCC3)NC(=N)N(C)C2=O)C1. The predicted molar refractivity (Wildman–Crippen MR) is 112 cm³/mol. The molecule has 0 aromatic carbocycles. The van der Waals surface area contributed by atoms with Crippen molar-refractivity contribution in [3.63, 3.8) is 0 Å². The fraction of sp³-hybridized carbons (Fsp3) is 0.870. The standard InChI is InChI=1S/C23H39N3O2/c1-3-4-10-20(27)19-12-11-18(15-19)16-23(21(28)26(2)22(24)25-23)14-13-17-8-6-5-7-9-17/h17-19H,3-16H2,1-2H3,(H2,24,25)/t18-,19?,23-/m0/s1. The molecule has 5 nitrogen and oxygen atoms in total. The van der Waals surface area contributed by atoms with Crippen LogP contribution in [0.2, 0.25) is 0 Å². The number of nitrogens with one attached hydrogen (secondary N) is 2. The third-order valence-corrected chi connectivity index (χ3v) is 7.52. The molecule has 0 radical (unpaired) electrons. The van der Waals surface area contributed by atoms with Crippen LogP contribution in [-0.4, -0.2) is 35.1 Å². The summed E-state index contributed by atoms with van der Waals surface area (Å²) in [5.74, 6) is 2.07. The van der Waals surface area contributed by atoms with Crippen molar-refractivity contribution in [3.8, 4) is 0 Å². The Hall–Kier alpha value is -1.39. The number of nitrogens with zero attached hydrogens (tertiary/aromatic N) is 1. The minimum Gasteiger partial charge on any atom is -0.342 e. The first-order valence-corrected chi connectivity index (χ1v) is 11.6. The van der Waals surface area contributed by atoms with Gasteiger partial charge in [-0.15, -0.1) is 0 Å². The molecule has 2 saturated carbocycles. The first-order chi connectivity index (χ1) is 13.4. The highest BCUT2D eigenvalue weighted by Gasteiger charge is 2.50. The van der Waals surface area contributed by atoms with Gasteiger partial charge in [0.1, 0.15) is 11.3 Å². The summed E-state index contributed by atoms with van der Waals surface area (Å²) in [4.78, 5) is 27.0. The van der Waals surface area contributed by atoms with Crippen molar-refractivity contribution in [1.29, 1.82) is 5.41 Å². The summed E-state index contributed by atoms with van der Waals surface area (Å²) in [5, 5.41) is 11.4. The van der Waals surface area contributed by atoms with Crippen molar-refractivity contribution < 1.29 is 9.59 Å².